The molecule has 0 aliphatic heterocycles. The van der Waals surface area contributed by atoms with Gasteiger partial charge in [0.05, 0.1) is 6.04 Å². The molecular weight excluding hydrogens is 292 g/mol. The van der Waals surface area contributed by atoms with Crippen LogP contribution in [-0.4, -0.2) is 31.1 Å². The number of nitrogens with zero attached hydrogens (tertiary/aromatic N) is 5. The van der Waals surface area contributed by atoms with Crippen molar-refractivity contribution in [2.24, 2.45) is 0 Å². The van der Waals surface area contributed by atoms with Crippen LogP contribution in [0.1, 0.15) is 29.4 Å². The fourth-order valence-electron chi connectivity index (χ4n) is 2.38. The van der Waals surface area contributed by atoms with Gasteiger partial charge in [0.25, 0.3) is 5.91 Å². The van der Waals surface area contributed by atoms with Gasteiger partial charge in [0.15, 0.2) is 5.82 Å². The molecule has 0 saturated heterocycles. The van der Waals surface area contributed by atoms with E-state index < -0.39 is 0 Å². The quantitative estimate of drug-likeness (QED) is 0.799. The van der Waals surface area contributed by atoms with Crippen LogP contribution in [0.25, 0.3) is 11.4 Å². The van der Waals surface area contributed by atoms with Crippen molar-refractivity contribution in [1.29, 1.82) is 0 Å². The second-order valence-corrected chi connectivity index (χ2v) is 5.43. The molecule has 23 heavy (non-hydrogen) atoms. The summed E-state index contributed by atoms with van der Waals surface area (Å²) >= 11 is 0. The van der Waals surface area contributed by atoms with Gasteiger partial charge in [-0.05, 0) is 47.5 Å². The first-order chi connectivity index (χ1) is 11.3. The van der Waals surface area contributed by atoms with Crippen molar-refractivity contribution in [3.63, 3.8) is 0 Å². The summed E-state index contributed by atoms with van der Waals surface area (Å²) in [4.78, 5) is 16.2. The molecule has 0 spiro atoms. The zero-order valence-corrected chi connectivity index (χ0v) is 12.3. The van der Waals surface area contributed by atoms with Gasteiger partial charge in [-0.2, -0.15) is 0 Å². The summed E-state index contributed by atoms with van der Waals surface area (Å²) in [6.07, 6.45) is 3.80. The summed E-state index contributed by atoms with van der Waals surface area (Å²) < 4.78 is 1.85. The van der Waals surface area contributed by atoms with E-state index in [1.54, 1.807) is 24.4 Å². The summed E-state index contributed by atoms with van der Waals surface area (Å²) in [5.74, 6) is 0.478. The largest absolute Gasteiger partial charge is 0.321 e. The van der Waals surface area contributed by atoms with Crippen LogP contribution in [0.5, 0.6) is 0 Å². The van der Waals surface area contributed by atoms with E-state index in [1.165, 1.54) is 0 Å². The fraction of sp³-hybridized carbons (Fsp3) is 0.188. The van der Waals surface area contributed by atoms with Gasteiger partial charge < -0.3 is 5.32 Å². The number of pyridine rings is 1. The van der Waals surface area contributed by atoms with Crippen LogP contribution < -0.4 is 5.32 Å². The number of anilines is 1. The highest BCUT2D eigenvalue weighted by atomic mass is 16.1. The monoisotopic (exact) mass is 306 g/mol. The van der Waals surface area contributed by atoms with Gasteiger partial charge in [0, 0.05) is 17.4 Å². The Bertz CT molecular complexity index is 841. The lowest BCUT2D eigenvalue weighted by atomic mass is 10.2. The van der Waals surface area contributed by atoms with Crippen molar-refractivity contribution in [3.8, 4) is 11.4 Å². The van der Waals surface area contributed by atoms with Crippen LogP contribution in [0.2, 0.25) is 0 Å². The highest BCUT2D eigenvalue weighted by molar-refractivity contribution is 6.03. The van der Waals surface area contributed by atoms with Crippen molar-refractivity contribution in [2.45, 2.75) is 18.9 Å². The van der Waals surface area contributed by atoms with Crippen molar-refractivity contribution >= 4 is 11.6 Å². The Morgan fingerprint density at radius 1 is 1.17 bits per heavy atom. The van der Waals surface area contributed by atoms with Crippen LogP contribution in [0.15, 0.2) is 48.7 Å². The van der Waals surface area contributed by atoms with E-state index in [0.29, 0.717) is 17.4 Å². The number of rotatable bonds is 4. The SMILES string of the molecule is O=C(Nc1cccc(-c2nnnn2C2CC2)c1)c1ccccn1. The molecule has 0 bridgehead atoms. The predicted octanol–water partition coefficient (Wildman–Crippen LogP) is 2.32. The summed E-state index contributed by atoms with van der Waals surface area (Å²) in [5.41, 5.74) is 1.94. The number of hydrogen-bond donors (Lipinski definition) is 1. The van der Waals surface area contributed by atoms with Gasteiger partial charge in [-0.15, -0.1) is 5.10 Å². The number of carbonyl (C=O) groups is 1. The maximum atomic E-state index is 12.2. The van der Waals surface area contributed by atoms with Crippen molar-refractivity contribution in [3.05, 3.63) is 54.4 Å². The molecule has 2 heterocycles. The van der Waals surface area contributed by atoms with Gasteiger partial charge in [-0.1, -0.05) is 18.2 Å². The third-order valence-electron chi connectivity index (χ3n) is 3.66. The maximum Gasteiger partial charge on any atom is 0.274 e. The first-order valence-electron chi connectivity index (χ1n) is 7.42. The average Bonchev–Trinajstić information content (AvgIpc) is 3.32. The first kappa shape index (κ1) is 13.6. The topological polar surface area (TPSA) is 85.6 Å². The van der Waals surface area contributed by atoms with E-state index in [9.17, 15) is 4.79 Å². The summed E-state index contributed by atoms with van der Waals surface area (Å²) in [6.45, 7) is 0. The molecule has 1 aliphatic rings. The lowest BCUT2D eigenvalue weighted by Crippen LogP contribution is -2.13. The lowest BCUT2D eigenvalue weighted by Gasteiger charge is -2.07. The zero-order valence-electron chi connectivity index (χ0n) is 12.3. The molecule has 7 heteroatoms. The molecule has 1 fully saturated rings. The molecule has 4 rings (SSSR count). The molecule has 3 aromatic rings. The van der Waals surface area contributed by atoms with Crippen molar-refractivity contribution in [1.82, 2.24) is 25.2 Å². The van der Waals surface area contributed by atoms with Crippen LogP contribution in [0.4, 0.5) is 5.69 Å². The molecule has 114 valence electrons. The van der Waals surface area contributed by atoms with Gasteiger partial charge in [-0.3, -0.25) is 9.78 Å². The first-order valence-corrected chi connectivity index (χ1v) is 7.42. The van der Waals surface area contributed by atoms with Crippen molar-refractivity contribution in [2.75, 3.05) is 5.32 Å². The van der Waals surface area contributed by atoms with E-state index in [4.69, 9.17) is 0 Å². The third kappa shape index (κ3) is 2.80. The molecule has 7 nitrogen and oxygen atoms in total. The zero-order chi connectivity index (χ0) is 15.6. The van der Waals surface area contributed by atoms with Gasteiger partial charge in [0.1, 0.15) is 5.69 Å². The van der Waals surface area contributed by atoms with Crippen LogP contribution in [-0.2, 0) is 0 Å². The van der Waals surface area contributed by atoms with Crippen molar-refractivity contribution < 1.29 is 4.79 Å². The molecule has 2 aromatic heterocycles. The molecule has 0 radical (unpaired) electrons. The average molecular weight is 306 g/mol. The highest BCUT2D eigenvalue weighted by Crippen LogP contribution is 2.36. The van der Waals surface area contributed by atoms with E-state index in [1.807, 2.05) is 28.9 Å². The Labute approximate surface area is 132 Å². The predicted molar refractivity (Wildman–Crippen MR) is 83.7 cm³/mol. The molecule has 0 atom stereocenters. The van der Waals surface area contributed by atoms with Crippen LogP contribution in [0, 0.1) is 0 Å². The van der Waals surface area contributed by atoms with Crippen LogP contribution in [0.3, 0.4) is 0 Å². The number of aromatic nitrogens is 5. The fourth-order valence-corrected chi connectivity index (χ4v) is 2.38. The van der Waals surface area contributed by atoms with Gasteiger partial charge >= 0.3 is 0 Å². The van der Waals surface area contributed by atoms with Gasteiger partial charge in [0.2, 0.25) is 0 Å². The van der Waals surface area contributed by atoms with Gasteiger partial charge in [-0.25, -0.2) is 4.68 Å². The molecule has 1 N–H and O–H groups in total. The minimum Gasteiger partial charge on any atom is -0.321 e. The minimum atomic E-state index is -0.246. The minimum absolute atomic E-state index is 0.246. The Balaban J connectivity index is 1.59. The molecule has 1 amide bonds. The number of benzene rings is 1. The summed E-state index contributed by atoms with van der Waals surface area (Å²) in [6, 6.07) is 13.1. The molecular formula is C16H14N6O. The lowest BCUT2D eigenvalue weighted by molar-refractivity contribution is 0.102. The summed E-state index contributed by atoms with van der Waals surface area (Å²) in [5, 5.41) is 14.8. The highest BCUT2D eigenvalue weighted by Gasteiger charge is 2.28. The number of amides is 1. The maximum absolute atomic E-state index is 12.2. The second-order valence-electron chi connectivity index (χ2n) is 5.43. The molecule has 1 aliphatic carbocycles. The van der Waals surface area contributed by atoms with E-state index in [-0.39, 0.29) is 5.91 Å². The molecule has 1 saturated carbocycles. The third-order valence-corrected chi connectivity index (χ3v) is 3.66. The smallest absolute Gasteiger partial charge is 0.274 e. The molecule has 0 unspecified atom stereocenters. The Hall–Kier alpha value is -3.09. The van der Waals surface area contributed by atoms with Crippen LogP contribution >= 0.6 is 0 Å². The second kappa shape index (κ2) is 5.60. The Morgan fingerprint density at radius 2 is 2.09 bits per heavy atom. The van der Waals surface area contributed by atoms with E-state index in [2.05, 4.69) is 25.8 Å². The Morgan fingerprint density at radius 3 is 2.87 bits per heavy atom. The number of hydrogen-bond acceptors (Lipinski definition) is 5. The van der Waals surface area contributed by atoms with E-state index >= 15 is 0 Å². The standard InChI is InChI=1S/C16H14N6O/c23-16(14-6-1-2-9-17-14)18-12-5-3-4-11(10-12)15-19-20-21-22(15)13-7-8-13/h1-6,9-10,13H,7-8H2,(H,18,23). The Kier molecular flexibility index (Phi) is 3.30. The van der Waals surface area contributed by atoms with E-state index in [0.717, 1.165) is 24.2 Å². The number of nitrogens with one attached hydrogen (secondary N) is 1. The molecule has 1 aromatic carbocycles. The number of carbonyl (C=O) groups excluding carboxylic acids is 1. The number of tetrazole rings is 1. The summed E-state index contributed by atoms with van der Waals surface area (Å²) in [7, 11) is 0. The normalized spacial score (nSPS) is 13.7.